The number of aromatic nitrogens is 2. The Labute approximate surface area is 167 Å². The smallest absolute Gasteiger partial charge is 0.229 e. The minimum absolute atomic E-state index is 0.00703. The molecular weight excluding hydrogens is 376 g/mol. The number of carbonyl (C=O) groups is 1. The SMILES string of the molecule is COc1ccc(NC(=O)[C@@H]2CCCN(c3nc4cccnc4s3)C2)c(OC)c1. The second-order valence-electron chi connectivity index (χ2n) is 6.66. The number of thiazole rings is 1. The minimum atomic E-state index is -0.111. The van der Waals surface area contributed by atoms with E-state index in [2.05, 4.69) is 20.2 Å². The van der Waals surface area contributed by atoms with Crippen LogP contribution in [0.25, 0.3) is 10.3 Å². The Hall–Kier alpha value is -2.87. The molecule has 4 rings (SSSR count). The lowest BCUT2D eigenvalue weighted by Gasteiger charge is -2.31. The number of fused-ring (bicyclic) bond motifs is 1. The summed E-state index contributed by atoms with van der Waals surface area (Å²) < 4.78 is 10.6. The second kappa shape index (κ2) is 8.02. The highest BCUT2D eigenvalue weighted by molar-refractivity contribution is 7.21. The first-order valence-electron chi connectivity index (χ1n) is 9.17. The molecule has 2 aromatic heterocycles. The highest BCUT2D eigenvalue weighted by Crippen LogP contribution is 2.32. The lowest BCUT2D eigenvalue weighted by Crippen LogP contribution is -2.40. The molecule has 0 radical (unpaired) electrons. The van der Waals surface area contributed by atoms with E-state index in [0.717, 1.165) is 34.9 Å². The van der Waals surface area contributed by atoms with Gasteiger partial charge in [0.05, 0.1) is 25.8 Å². The number of hydrogen-bond donors (Lipinski definition) is 1. The molecule has 1 saturated heterocycles. The van der Waals surface area contributed by atoms with Crippen molar-refractivity contribution in [1.82, 2.24) is 9.97 Å². The maximum Gasteiger partial charge on any atom is 0.229 e. The van der Waals surface area contributed by atoms with Gasteiger partial charge in [-0.05, 0) is 37.1 Å². The van der Waals surface area contributed by atoms with Gasteiger partial charge in [-0.15, -0.1) is 0 Å². The average Bonchev–Trinajstić information content (AvgIpc) is 3.18. The molecule has 0 bridgehead atoms. The normalized spacial score (nSPS) is 16.8. The molecule has 146 valence electrons. The third kappa shape index (κ3) is 3.73. The van der Waals surface area contributed by atoms with Crippen LogP contribution >= 0.6 is 11.3 Å². The number of ether oxygens (including phenoxy) is 2. The van der Waals surface area contributed by atoms with Gasteiger partial charge in [-0.3, -0.25) is 4.79 Å². The van der Waals surface area contributed by atoms with Crippen molar-refractivity contribution < 1.29 is 14.3 Å². The minimum Gasteiger partial charge on any atom is -0.497 e. The Morgan fingerprint density at radius 1 is 1.29 bits per heavy atom. The number of pyridine rings is 1. The van der Waals surface area contributed by atoms with Crippen LogP contribution in [0.3, 0.4) is 0 Å². The molecule has 1 N–H and O–H groups in total. The highest BCUT2D eigenvalue weighted by Gasteiger charge is 2.28. The van der Waals surface area contributed by atoms with Crippen LogP contribution in [-0.4, -0.2) is 43.2 Å². The van der Waals surface area contributed by atoms with E-state index >= 15 is 0 Å². The number of piperidine rings is 1. The molecule has 0 spiro atoms. The Morgan fingerprint density at radius 3 is 2.96 bits per heavy atom. The van der Waals surface area contributed by atoms with Gasteiger partial charge in [-0.2, -0.15) is 0 Å². The lowest BCUT2D eigenvalue weighted by atomic mass is 9.97. The van der Waals surface area contributed by atoms with Crippen molar-refractivity contribution in [1.29, 1.82) is 0 Å². The van der Waals surface area contributed by atoms with Crippen LogP contribution in [0.15, 0.2) is 36.5 Å². The largest absolute Gasteiger partial charge is 0.497 e. The molecule has 3 aromatic rings. The van der Waals surface area contributed by atoms with Gasteiger partial charge in [0.15, 0.2) is 5.13 Å². The van der Waals surface area contributed by atoms with Crippen LogP contribution in [0.1, 0.15) is 12.8 Å². The van der Waals surface area contributed by atoms with E-state index in [0.29, 0.717) is 23.7 Å². The van der Waals surface area contributed by atoms with Gasteiger partial charge in [0, 0.05) is 25.4 Å². The van der Waals surface area contributed by atoms with Crippen molar-refractivity contribution in [3.05, 3.63) is 36.5 Å². The molecule has 1 aliphatic rings. The van der Waals surface area contributed by atoms with E-state index in [-0.39, 0.29) is 11.8 Å². The second-order valence-corrected chi connectivity index (χ2v) is 7.62. The highest BCUT2D eigenvalue weighted by atomic mass is 32.1. The van der Waals surface area contributed by atoms with Crippen molar-refractivity contribution in [3.8, 4) is 11.5 Å². The summed E-state index contributed by atoms with van der Waals surface area (Å²) >= 11 is 1.57. The summed E-state index contributed by atoms with van der Waals surface area (Å²) in [5, 5.41) is 3.93. The fourth-order valence-corrected chi connectivity index (χ4v) is 4.34. The standard InChI is InChI=1S/C20H22N4O3S/c1-26-14-7-8-15(17(11-14)27-2)22-18(25)13-5-4-10-24(12-13)20-23-16-6-3-9-21-19(16)28-20/h3,6-9,11,13H,4-5,10,12H2,1-2H3,(H,22,25)/t13-/m1/s1. The topological polar surface area (TPSA) is 76.6 Å². The third-order valence-electron chi connectivity index (χ3n) is 4.88. The fourth-order valence-electron chi connectivity index (χ4n) is 3.40. The van der Waals surface area contributed by atoms with Gasteiger partial charge in [0.2, 0.25) is 5.91 Å². The molecule has 0 saturated carbocycles. The predicted octanol–water partition coefficient (Wildman–Crippen LogP) is 3.56. The van der Waals surface area contributed by atoms with Gasteiger partial charge < -0.3 is 19.7 Å². The Kier molecular flexibility index (Phi) is 5.29. The molecule has 8 heteroatoms. The fraction of sp³-hybridized carbons (Fsp3) is 0.350. The van der Waals surface area contributed by atoms with E-state index in [1.807, 2.05) is 12.1 Å². The summed E-state index contributed by atoms with van der Waals surface area (Å²) in [6.07, 6.45) is 3.57. The zero-order valence-electron chi connectivity index (χ0n) is 15.8. The quantitative estimate of drug-likeness (QED) is 0.708. The molecule has 1 aromatic carbocycles. The number of methoxy groups -OCH3 is 2. The molecule has 3 heterocycles. The van der Waals surface area contributed by atoms with E-state index in [9.17, 15) is 4.79 Å². The Balaban J connectivity index is 1.47. The molecule has 1 aliphatic heterocycles. The van der Waals surface area contributed by atoms with E-state index in [1.54, 1.807) is 50.0 Å². The van der Waals surface area contributed by atoms with Crippen LogP contribution in [0.5, 0.6) is 11.5 Å². The molecule has 0 unspecified atom stereocenters. The number of hydrogen-bond acceptors (Lipinski definition) is 7. The molecule has 1 amide bonds. The number of nitrogens with zero attached hydrogens (tertiary/aromatic N) is 3. The number of benzene rings is 1. The van der Waals surface area contributed by atoms with Gasteiger partial charge in [0.25, 0.3) is 0 Å². The summed E-state index contributed by atoms with van der Waals surface area (Å²) in [5.41, 5.74) is 1.55. The summed E-state index contributed by atoms with van der Waals surface area (Å²) in [5.74, 6) is 1.15. The van der Waals surface area contributed by atoms with Crippen molar-refractivity contribution in [2.24, 2.45) is 5.92 Å². The molecule has 1 atom stereocenters. The van der Waals surface area contributed by atoms with Crippen molar-refractivity contribution >= 4 is 38.4 Å². The number of nitrogens with one attached hydrogen (secondary N) is 1. The van der Waals surface area contributed by atoms with E-state index in [4.69, 9.17) is 9.47 Å². The van der Waals surface area contributed by atoms with E-state index in [1.165, 1.54) is 0 Å². The Morgan fingerprint density at radius 2 is 2.18 bits per heavy atom. The first-order valence-corrected chi connectivity index (χ1v) is 9.99. The average molecular weight is 398 g/mol. The summed E-state index contributed by atoms with van der Waals surface area (Å²) in [4.78, 5) is 25.0. The predicted molar refractivity (Wildman–Crippen MR) is 111 cm³/mol. The van der Waals surface area contributed by atoms with Crippen molar-refractivity contribution in [2.75, 3.05) is 37.5 Å². The third-order valence-corrected chi connectivity index (χ3v) is 5.92. The molecule has 1 fully saturated rings. The Bertz CT molecular complexity index is 957. The van der Waals surface area contributed by atoms with Crippen LogP contribution in [-0.2, 0) is 4.79 Å². The summed E-state index contributed by atoms with van der Waals surface area (Å²) in [7, 11) is 3.18. The van der Waals surface area contributed by atoms with Gasteiger partial charge in [0.1, 0.15) is 21.8 Å². The molecule has 7 nitrogen and oxygen atoms in total. The first kappa shape index (κ1) is 18.5. The van der Waals surface area contributed by atoms with Gasteiger partial charge in [-0.1, -0.05) is 11.3 Å². The number of anilines is 2. The number of amides is 1. The zero-order valence-corrected chi connectivity index (χ0v) is 16.7. The van der Waals surface area contributed by atoms with Crippen molar-refractivity contribution in [2.45, 2.75) is 12.8 Å². The monoisotopic (exact) mass is 398 g/mol. The van der Waals surface area contributed by atoms with Gasteiger partial charge in [-0.25, -0.2) is 9.97 Å². The van der Waals surface area contributed by atoms with Crippen LogP contribution in [0, 0.1) is 5.92 Å². The van der Waals surface area contributed by atoms with Crippen LogP contribution < -0.4 is 19.7 Å². The summed E-state index contributed by atoms with van der Waals surface area (Å²) in [6.45, 7) is 1.54. The van der Waals surface area contributed by atoms with E-state index < -0.39 is 0 Å². The molecule has 28 heavy (non-hydrogen) atoms. The number of carbonyl (C=O) groups excluding carboxylic acids is 1. The maximum atomic E-state index is 12.9. The van der Waals surface area contributed by atoms with Crippen LogP contribution in [0.2, 0.25) is 0 Å². The van der Waals surface area contributed by atoms with Crippen molar-refractivity contribution in [3.63, 3.8) is 0 Å². The molecular formula is C20H22N4O3S. The molecule has 0 aliphatic carbocycles. The lowest BCUT2D eigenvalue weighted by molar-refractivity contribution is -0.120. The maximum absolute atomic E-state index is 12.9. The van der Waals surface area contributed by atoms with Crippen LogP contribution in [0.4, 0.5) is 10.8 Å². The van der Waals surface area contributed by atoms with Gasteiger partial charge >= 0.3 is 0 Å². The number of rotatable bonds is 5. The first-order chi connectivity index (χ1) is 13.7. The zero-order chi connectivity index (χ0) is 19.5. The summed E-state index contributed by atoms with van der Waals surface area (Å²) in [6, 6.07) is 9.22.